The van der Waals surface area contributed by atoms with Gasteiger partial charge in [0.1, 0.15) is 18.1 Å². The normalized spacial score (nSPS) is 15.0. The fraction of sp³-hybridized carbons (Fsp3) is 0.0870. The summed E-state index contributed by atoms with van der Waals surface area (Å²) in [4.78, 5) is 38.6. The second-order valence-electron chi connectivity index (χ2n) is 6.73. The van der Waals surface area contributed by atoms with Crippen LogP contribution in [-0.4, -0.2) is 35.6 Å². The first-order valence-corrected chi connectivity index (χ1v) is 10.1. The van der Waals surface area contributed by atoms with E-state index < -0.39 is 29.4 Å². The molecule has 6 nitrogen and oxygen atoms in total. The SMILES string of the molecule is COc1ccc2ccccc2c1/C=C1\SC(=O)N(CC(=O)Nc2ccc(F)cc2)C1=O. The van der Waals surface area contributed by atoms with E-state index in [9.17, 15) is 18.8 Å². The number of benzene rings is 3. The Balaban J connectivity index is 1.57. The van der Waals surface area contributed by atoms with Crippen LogP contribution in [0.1, 0.15) is 5.56 Å². The van der Waals surface area contributed by atoms with Gasteiger partial charge in [0.2, 0.25) is 5.91 Å². The number of halogens is 1. The van der Waals surface area contributed by atoms with E-state index in [2.05, 4.69) is 5.32 Å². The van der Waals surface area contributed by atoms with E-state index in [1.807, 2.05) is 30.3 Å². The highest BCUT2D eigenvalue weighted by atomic mass is 32.2. The number of hydrogen-bond donors (Lipinski definition) is 1. The van der Waals surface area contributed by atoms with Gasteiger partial charge < -0.3 is 10.1 Å². The van der Waals surface area contributed by atoms with E-state index >= 15 is 0 Å². The van der Waals surface area contributed by atoms with Crippen LogP contribution in [0.25, 0.3) is 16.8 Å². The molecule has 4 rings (SSSR count). The zero-order valence-electron chi connectivity index (χ0n) is 16.4. The second-order valence-corrected chi connectivity index (χ2v) is 7.72. The van der Waals surface area contributed by atoms with E-state index in [1.165, 1.54) is 31.4 Å². The molecule has 0 saturated carbocycles. The van der Waals surface area contributed by atoms with Crippen molar-refractivity contribution < 1.29 is 23.5 Å². The Kier molecular flexibility index (Phi) is 5.73. The summed E-state index contributed by atoms with van der Waals surface area (Å²) in [6.45, 7) is -0.438. The smallest absolute Gasteiger partial charge is 0.294 e. The van der Waals surface area contributed by atoms with Crippen LogP contribution in [0.15, 0.2) is 65.6 Å². The summed E-state index contributed by atoms with van der Waals surface area (Å²) in [6, 6.07) is 16.6. The molecule has 3 aromatic carbocycles. The van der Waals surface area contributed by atoms with Gasteiger partial charge in [0.05, 0.1) is 12.0 Å². The molecule has 31 heavy (non-hydrogen) atoms. The predicted molar refractivity (Wildman–Crippen MR) is 118 cm³/mol. The molecule has 1 aliphatic rings. The zero-order valence-corrected chi connectivity index (χ0v) is 17.2. The van der Waals surface area contributed by atoms with E-state index in [0.29, 0.717) is 17.0 Å². The van der Waals surface area contributed by atoms with Crippen molar-refractivity contribution in [1.82, 2.24) is 4.90 Å². The van der Waals surface area contributed by atoms with Crippen molar-refractivity contribution in [2.75, 3.05) is 19.0 Å². The number of thioether (sulfide) groups is 1. The van der Waals surface area contributed by atoms with Crippen LogP contribution < -0.4 is 10.1 Å². The largest absolute Gasteiger partial charge is 0.496 e. The Hall–Kier alpha value is -3.65. The molecule has 8 heteroatoms. The van der Waals surface area contributed by atoms with Gasteiger partial charge in [0.15, 0.2) is 0 Å². The maximum atomic E-state index is 13.0. The first kappa shape index (κ1) is 20.6. The number of methoxy groups -OCH3 is 1. The molecule has 0 radical (unpaired) electrons. The number of nitrogens with one attached hydrogen (secondary N) is 1. The number of nitrogens with zero attached hydrogens (tertiary/aromatic N) is 1. The van der Waals surface area contributed by atoms with Crippen molar-refractivity contribution >= 4 is 51.4 Å². The number of imide groups is 1. The molecule has 0 atom stereocenters. The molecule has 1 N–H and O–H groups in total. The number of fused-ring (bicyclic) bond motifs is 1. The van der Waals surface area contributed by atoms with E-state index in [-0.39, 0.29) is 4.91 Å². The summed E-state index contributed by atoms with van der Waals surface area (Å²) in [6.07, 6.45) is 1.62. The summed E-state index contributed by atoms with van der Waals surface area (Å²) in [5.74, 6) is -0.977. The number of ether oxygens (including phenoxy) is 1. The summed E-state index contributed by atoms with van der Waals surface area (Å²) < 4.78 is 18.4. The number of hydrogen-bond acceptors (Lipinski definition) is 5. The van der Waals surface area contributed by atoms with Gasteiger partial charge in [0, 0.05) is 11.3 Å². The standard InChI is InChI=1S/C23H17FN2O4S/c1-30-19-11-6-14-4-2-3-5-17(14)18(19)12-20-22(28)26(23(29)31-20)13-21(27)25-16-9-7-15(24)8-10-16/h2-12H,13H2,1H3,(H,25,27)/b20-12-. The molecule has 1 heterocycles. The molecule has 0 spiro atoms. The lowest BCUT2D eigenvalue weighted by Crippen LogP contribution is -2.36. The van der Waals surface area contributed by atoms with Gasteiger partial charge in [-0.2, -0.15) is 0 Å². The average Bonchev–Trinajstić information content (AvgIpc) is 3.03. The minimum absolute atomic E-state index is 0.203. The molecule has 1 aliphatic heterocycles. The molecule has 0 aliphatic carbocycles. The predicted octanol–water partition coefficient (Wildman–Crippen LogP) is 4.66. The molecule has 0 unspecified atom stereocenters. The zero-order chi connectivity index (χ0) is 22.0. The highest BCUT2D eigenvalue weighted by molar-refractivity contribution is 8.18. The Morgan fingerprint density at radius 3 is 2.58 bits per heavy atom. The van der Waals surface area contributed by atoms with Gasteiger partial charge in [-0.25, -0.2) is 4.39 Å². The Labute approximate surface area is 181 Å². The van der Waals surface area contributed by atoms with Crippen LogP contribution in [0.5, 0.6) is 5.75 Å². The monoisotopic (exact) mass is 436 g/mol. The second kappa shape index (κ2) is 8.61. The highest BCUT2D eigenvalue weighted by Crippen LogP contribution is 2.36. The van der Waals surface area contributed by atoms with Crippen LogP contribution in [0.2, 0.25) is 0 Å². The molecule has 1 fully saturated rings. The topological polar surface area (TPSA) is 75.7 Å². The molecule has 0 aromatic heterocycles. The third-order valence-electron chi connectivity index (χ3n) is 4.73. The highest BCUT2D eigenvalue weighted by Gasteiger charge is 2.36. The van der Waals surface area contributed by atoms with Gasteiger partial charge in [-0.15, -0.1) is 0 Å². The van der Waals surface area contributed by atoms with Crippen LogP contribution in [0.4, 0.5) is 14.9 Å². The fourth-order valence-corrected chi connectivity index (χ4v) is 4.07. The lowest BCUT2D eigenvalue weighted by Gasteiger charge is -2.12. The first-order chi connectivity index (χ1) is 15.0. The van der Waals surface area contributed by atoms with Crippen LogP contribution in [0, 0.1) is 5.82 Å². The summed E-state index contributed by atoms with van der Waals surface area (Å²) in [7, 11) is 1.53. The maximum absolute atomic E-state index is 13.0. The maximum Gasteiger partial charge on any atom is 0.294 e. The van der Waals surface area contributed by atoms with Crippen molar-refractivity contribution in [3.8, 4) is 5.75 Å². The quantitative estimate of drug-likeness (QED) is 0.589. The molecule has 3 amide bonds. The van der Waals surface area contributed by atoms with Gasteiger partial charge in [-0.1, -0.05) is 30.3 Å². The van der Waals surface area contributed by atoms with Gasteiger partial charge in [0.25, 0.3) is 11.1 Å². The molecule has 156 valence electrons. The van der Waals surface area contributed by atoms with Crippen molar-refractivity contribution in [3.63, 3.8) is 0 Å². The van der Waals surface area contributed by atoms with Crippen molar-refractivity contribution in [1.29, 1.82) is 0 Å². The third kappa shape index (κ3) is 4.29. The summed E-state index contributed by atoms with van der Waals surface area (Å²) in [5.41, 5.74) is 1.05. The molecule has 3 aromatic rings. The Bertz CT molecular complexity index is 1220. The minimum atomic E-state index is -0.558. The first-order valence-electron chi connectivity index (χ1n) is 9.33. The number of rotatable bonds is 5. The number of carbonyl (C=O) groups excluding carboxylic acids is 3. The molecular weight excluding hydrogens is 419 g/mol. The number of carbonyl (C=O) groups is 3. The van der Waals surface area contributed by atoms with Gasteiger partial charge in [-0.3, -0.25) is 19.3 Å². The molecule has 1 saturated heterocycles. The Morgan fingerprint density at radius 1 is 1.10 bits per heavy atom. The lowest BCUT2D eigenvalue weighted by atomic mass is 10.0. The fourth-order valence-electron chi connectivity index (χ4n) is 3.25. The van der Waals surface area contributed by atoms with Crippen LogP contribution >= 0.6 is 11.8 Å². The minimum Gasteiger partial charge on any atom is -0.496 e. The molecular formula is C23H17FN2O4S. The summed E-state index contributed by atoms with van der Waals surface area (Å²) in [5, 5.41) is 3.85. The Morgan fingerprint density at radius 2 is 1.84 bits per heavy atom. The third-order valence-corrected chi connectivity index (χ3v) is 5.64. The molecule has 0 bridgehead atoms. The van der Waals surface area contributed by atoms with Crippen LogP contribution in [-0.2, 0) is 9.59 Å². The summed E-state index contributed by atoms with van der Waals surface area (Å²) >= 11 is 0.768. The van der Waals surface area contributed by atoms with E-state index in [0.717, 1.165) is 27.4 Å². The number of amides is 3. The number of anilines is 1. The van der Waals surface area contributed by atoms with Crippen molar-refractivity contribution in [3.05, 3.63) is 76.9 Å². The lowest BCUT2D eigenvalue weighted by molar-refractivity contribution is -0.127. The van der Waals surface area contributed by atoms with Crippen molar-refractivity contribution in [2.45, 2.75) is 0 Å². The van der Waals surface area contributed by atoms with E-state index in [1.54, 1.807) is 12.1 Å². The van der Waals surface area contributed by atoms with Gasteiger partial charge in [-0.05, 0) is 58.9 Å². The van der Waals surface area contributed by atoms with Gasteiger partial charge >= 0.3 is 0 Å². The average molecular weight is 436 g/mol. The van der Waals surface area contributed by atoms with Crippen LogP contribution in [0.3, 0.4) is 0 Å². The van der Waals surface area contributed by atoms with Crippen molar-refractivity contribution in [2.24, 2.45) is 0 Å². The van der Waals surface area contributed by atoms with E-state index in [4.69, 9.17) is 4.74 Å².